The van der Waals surface area contributed by atoms with Crippen LogP contribution in [0.5, 0.6) is 0 Å². The first kappa shape index (κ1) is 15.1. The average Bonchev–Trinajstić information content (AvgIpc) is 2.32. The van der Waals surface area contributed by atoms with Gasteiger partial charge in [-0.1, -0.05) is 0 Å². The Kier molecular flexibility index (Phi) is 6.10. The van der Waals surface area contributed by atoms with Gasteiger partial charge in [0, 0.05) is 11.5 Å². The van der Waals surface area contributed by atoms with Gasteiger partial charge in [-0.05, 0) is 0 Å². The maximum Gasteiger partial charge on any atom is 0.183 e. The van der Waals surface area contributed by atoms with Crippen molar-refractivity contribution in [2.45, 2.75) is 36.8 Å². The van der Waals surface area contributed by atoms with Crippen LogP contribution in [0.15, 0.2) is 0 Å². The zero-order chi connectivity index (χ0) is 13.0. The van der Waals surface area contributed by atoms with Gasteiger partial charge in [0.2, 0.25) is 0 Å². The van der Waals surface area contributed by atoms with Crippen molar-refractivity contribution >= 4 is 11.8 Å². The van der Waals surface area contributed by atoms with Crippen molar-refractivity contribution in [3.05, 3.63) is 0 Å². The quantitative estimate of drug-likeness (QED) is 0.309. The van der Waals surface area contributed by atoms with Crippen molar-refractivity contribution in [3.8, 4) is 0 Å². The summed E-state index contributed by atoms with van der Waals surface area (Å²) >= 11 is 1.20. The fourth-order valence-corrected chi connectivity index (χ4v) is 2.46. The van der Waals surface area contributed by atoms with E-state index in [9.17, 15) is 20.4 Å². The molecule has 1 aliphatic heterocycles. The third kappa shape index (κ3) is 4.04. The van der Waals surface area contributed by atoms with Gasteiger partial charge >= 0.3 is 0 Å². The van der Waals surface area contributed by atoms with Gasteiger partial charge in [-0.15, -0.1) is 0 Å². The molecule has 6 unspecified atom stereocenters. The minimum Gasteiger partial charge on any atom is -0.394 e. The smallest absolute Gasteiger partial charge is 0.183 e. The Balaban J connectivity index is 2.37. The SMILES string of the molecule is OCC(O)CSCC1OC(O)C(O)C(O)C1O. The molecule has 0 aromatic carbocycles. The average molecular weight is 270 g/mol. The topological polar surface area (TPSA) is 131 Å². The molecular formula is C9H18O7S. The summed E-state index contributed by atoms with van der Waals surface area (Å²) < 4.78 is 4.93. The van der Waals surface area contributed by atoms with Crippen molar-refractivity contribution in [1.82, 2.24) is 0 Å². The van der Waals surface area contributed by atoms with E-state index in [1.807, 2.05) is 0 Å². The van der Waals surface area contributed by atoms with E-state index >= 15 is 0 Å². The summed E-state index contributed by atoms with van der Waals surface area (Å²) in [6, 6.07) is 0. The summed E-state index contributed by atoms with van der Waals surface area (Å²) in [5.74, 6) is 0.469. The molecule has 0 aliphatic carbocycles. The van der Waals surface area contributed by atoms with Gasteiger partial charge in [0.1, 0.15) is 18.3 Å². The van der Waals surface area contributed by atoms with Gasteiger partial charge in [0.05, 0.1) is 18.8 Å². The van der Waals surface area contributed by atoms with Crippen LogP contribution >= 0.6 is 11.8 Å². The number of aliphatic hydroxyl groups excluding tert-OH is 6. The van der Waals surface area contributed by atoms with Crippen molar-refractivity contribution in [1.29, 1.82) is 0 Å². The lowest BCUT2D eigenvalue weighted by molar-refractivity contribution is -0.276. The molecule has 0 aromatic heterocycles. The highest BCUT2D eigenvalue weighted by molar-refractivity contribution is 7.99. The third-order valence-electron chi connectivity index (χ3n) is 2.49. The van der Waals surface area contributed by atoms with Crippen molar-refractivity contribution in [2.75, 3.05) is 18.1 Å². The highest BCUT2D eigenvalue weighted by Crippen LogP contribution is 2.22. The molecule has 1 rings (SSSR count). The van der Waals surface area contributed by atoms with Crippen LogP contribution in [-0.4, -0.2) is 85.6 Å². The van der Waals surface area contributed by atoms with E-state index in [0.29, 0.717) is 0 Å². The molecule has 0 bridgehead atoms. The molecule has 7 nitrogen and oxygen atoms in total. The number of aliphatic hydroxyl groups is 6. The fourth-order valence-electron chi connectivity index (χ4n) is 1.44. The Hall–Kier alpha value is 0.0700. The molecule has 0 saturated carbocycles. The predicted octanol–water partition coefficient (Wildman–Crippen LogP) is -3.13. The molecule has 0 amide bonds. The normalized spacial score (nSPS) is 40.2. The number of rotatable bonds is 5. The molecular weight excluding hydrogens is 252 g/mol. The van der Waals surface area contributed by atoms with Crippen LogP contribution in [0.1, 0.15) is 0 Å². The first-order chi connectivity index (χ1) is 7.97. The van der Waals surface area contributed by atoms with Crippen molar-refractivity contribution in [2.24, 2.45) is 0 Å². The maximum absolute atomic E-state index is 9.58. The van der Waals surface area contributed by atoms with Crippen LogP contribution in [0.4, 0.5) is 0 Å². The largest absolute Gasteiger partial charge is 0.394 e. The first-order valence-electron chi connectivity index (χ1n) is 5.21. The highest BCUT2D eigenvalue weighted by atomic mass is 32.2. The fraction of sp³-hybridized carbons (Fsp3) is 1.00. The van der Waals surface area contributed by atoms with E-state index in [2.05, 4.69) is 0 Å². The third-order valence-corrected chi connectivity index (χ3v) is 3.67. The van der Waals surface area contributed by atoms with E-state index in [-0.39, 0.29) is 18.1 Å². The van der Waals surface area contributed by atoms with E-state index < -0.39 is 36.8 Å². The number of hydrogen-bond donors (Lipinski definition) is 6. The minimum absolute atomic E-state index is 0.221. The number of ether oxygens (including phenoxy) is 1. The molecule has 8 heteroatoms. The molecule has 0 aromatic rings. The standard InChI is InChI=1S/C9H18O7S/c10-1-4(11)2-17-3-5-6(12)7(13)8(14)9(15)16-5/h4-15H,1-3H2. The summed E-state index contributed by atoms with van der Waals surface area (Å²) in [5, 5.41) is 55.1. The van der Waals surface area contributed by atoms with Crippen LogP contribution in [0.2, 0.25) is 0 Å². The second-order valence-electron chi connectivity index (χ2n) is 3.91. The van der Waals surface area contributed by atoms with E-state index in [1.54, 1.807) is 0 Å². The maximum atomic E-state index is 9.58. The summed E-state index contributed by atoms with van der Waals surface area (Å²) in [6.45, 7) is -0.356. The van der Waals surface area contributed by atoms with Gasteiger partial charge in [-0.2, -0.15) is 11.8 Å². The monoisotopic (exact) mass is 270 g/mol. The lowest BCUT2D eigenvalue weighted by Gasteiger charge is -2.38. The van der Waals surface area contributed by atoms with Crippen LogP contribution in [-0.2, 0) is 4.74 Å². The Bertz CT molecular complexity index is 229. The molecule has 1 saturated heterocycles. The molecule has 1 fully saturated rings. The summed E-state index contributed by atoms with van der Waals surface area (Å²) in [7, 11) is 0. The molecule has 0 radical (unpaired) electrons. The first-order valence-corrected chi connectivity index (χ1v) is 6.37. The van der Waals surface area contributed by atoms with Crippen molar-refractivity contribution < 1.29 is 35.4 Å². The Labute approximate surface area is 103 Å². The molecule has 102 valence electrons. The van der Waals surface area contributed by atoms with E-state index in [0.717, 1.165) is 0 Å². The summed E-state index contributed by atoms with van der Waals surface area (Å²) in [5.41, 5.74) is 0. The van der Waals surface area contributed by atoms with Crippen LogP contribution in [0, 0.1) is 0 Å². The number of thioether (sulfide) groups is 1. The second-order valence-corrected chi connectivity index (χ2v) is 4.99. The van der Waals surface area contributed by atoms with E-state index in [1.165, 1.54) is 11.8 Å². The summed E-state index contributed by atoms with van der Waals surface area (Å²) in [6.07, 6.45) is -7.53. The molecule has 6 atom stereocenters. The molecule has 1 heterocycles. The Morgan fingerprint density at radius 3 is 2.29 bits per heavy atom. The zero-order valence-corrected chi connectivity index (χ0v) is 9.90. The number of hydrogen-bond acceptors (Lipinski definition) is 8. The minimum atomic E-state index is -1.54. The molecule has 17 heavy (non-hydrogen) atoms. The second kappa shape index (κ2) is 6.86. The van der Waals surface area contributed by atoms with E-state index in [4.69, 9.17) is 14.9 Å². The van der Waals surface area contributed by atoms with Gasteiger partial charge in [0.25, 0.3) is 0 Å². The van der Waals surface area contributed by atoms with Crippen LogP contribution < -0.4 is 0 Å². The molecule has 6 N–H and O–H groups in total. The van der Waals surface area contributed by atoms with Gasteiger partial charge in [-0.25, -0.2) is 0 Å². The lowest BCUT2D eigenvalue weighted by Crippen LogP contribution is -2.58. The predicted molar refractivity (Wildman–Crippen MR) is 59.3 cm³/mol. The van der Waals surface area contributed by atoms with Crippen LogP contribution in [0.25, 0.3) is 0 Å². The Morgan fingerprint density at radius 2 is 1.71 bits per heavy atom. The summed E-state index contributed by atoms with van der Waals surface area (Å²) in [4.78, 5) is 0. The lowest BCUT2D eigenvalue weighted by atomic mass is 10.0. The highest BCUT2D eigenvalue weighted by Gasteiger charge is 2.42. The van der Waals surface area contributed by atoms with Crippen molar-refractivity contribution in [3.63, 3.8) is 0 Å². The van der Waals surface area contributed by atoms with Gasteiger partial charge < -0.3 is 35.4 Å². The molecule has 1 aliphatic rings. The Morgan fingerprint density at radius 1 is 1.06 bits per heavy atom. The zero-order valence-electron chi connectivity index (χ0n) is 9.09. The van der Waals surface area contributed by atoms with Gasteiger partial charge in [-0.3, -0.25) is 0 Å². The van der Waals surface area contributed by atoms with Crippen LogP contribution in [0.3, 0.4) is 0 Å². The molecule has 0 spiro atoms. The van der Waals surface area contributed by atoms with Gasteiger partial charge in [0.15, 0.2) is 6.29 Å².